The molecule has 0 N–H and O–H groups in total. The van der Waals surface area contributed by atoms with E-state index in [0.29, 0.717) is 22.5 Å². The molecule has 2 heterocycles. The second-order valence-corrected chi connectivity index (χ2v) is 14.5. The fourth-order valence-corrected chi connectivity index (χ4v) is 10.2. The second kappa shape index (κ2) is 6.99. The van der Waals surface area contributed by atoms with Crippen molar-refractivity contribution < 1.29 is 18.6 Å². The average molecular weight is 359 g/mol. The summed E-state index contributed by atoms with van der Waals surface area (Å²) in [7, 11) is -2.03. The highest BCUT2D eigenvalue weighted by Crippen LogP contribution is 2.47. The molecule has 0 aromatic heterocycles. The highest BCUT2D eigenvalue weighted by atomic mass is 28.4. The first-order valence-electron chi connectivity index (χ1n) is 9.61. The van der Waals surface area contributed by atoms with Crippen molar-refractivity contribution in [3.63, 3.8) is 0 Å². The van der Waals surface area contributed by atoms with Gasteiger partial charge in [0.25, 0.3) is 0 Å². The molecule has 0 saturated carbocycles. The molecule has 0 radical (unpaired) electrons. The van der Waals surface area contributed by atoms with Gasteiger partial charge in [0.05, 0.1) is 12.2 Å². The largest absolute Gasteiger partial charge is 0.389 e. The Bertz CT molecular complexity index is 413. The Morgan fingerprint density at radius 2 is 1.29 bits per heavy atom. The van der Waals surface area contributed by atoms with Crippen molar-refractivity contribution in [3.8, 4) is 0 Å². The van der Waals surface area contributed by atoms with Gasteiger partial charge in [0.1, 0.15) is 6.10 Å². The van der Waals surface area contributed by atoms with Gasteiger partial charge in [-0.25, -0.2) is 0 Å². The molecule has 2 aliphatic heterocycles. The third-order valence-electron chi connectivity index (χ3n) is 6.07. The molecule has 0 amide bonds. The Hall–Kier alpha value is 0.0569. The van der Waals surface area contributed by atoms with Crippen LogP contribution in [0.25, 0.3) is 0 Å². The van der Waals surface area contributed by atoms with Gasteiger partial charge in [-0.3, -0.25) is 0 Å². The zero-order valence-electron chi connectivity index (χ0n) is 17.3. The van der Waals surface area contributed by atoms with E-state index in [4.69, 9.17) is 18.6 Å². The van der Waals surface area contributed by atoms with Crippen LogP contribution in [0.1, 0.15) is 69.2 Å². The van der Waals surface area contributed by atoms with E-state index in [1.54, 1.807) is 0 Å². The molecule has 24 heavy (non-hydrogen) atoms. The van der Waals surface area contributed by atoms with Crippen LogP contribution >= 0.6 is 0 Å². The maximum absolute atomic E-state index is 6.90. The molecule has 0 aromatic carbocycles. The number of fused-ring (bicyclic) bond motifs is 1. The molecule has 2 rings (SSSR count). The molecule has 2 fully saturated rings. The Balaban J connectivity index is 2.32. The van der Waals surface area contributed by atoms with Crippen LogP contribution in [0.3, 0.4) is 0 Å². The summed E-state index contributed by atoms with van der Waals surface area (Å²) in [5.41, 5.74) is 1.55. The standard InChI is InChI=1S/C19H38O4Si/c1-11(2)24(12(3)4,13(5)6)23-18-17-16(14(7)15(8)20-18)21-19(9,10)22-17/h11-18H,1-10H3/t14-,15?,16+,17?,18-/m0/s1. The van der Waals surface area contributed by atoms with Gasteiger partial charge >= 0.3 is 0 Å². The van der Waals surface area contributed by atoms with E-state index in [2.05, 4.69) is 55.4 Å². The first kappa shape index (κ1) is 20.4. The predicted octanol–water partition coefficient (Wildman–Crippen LogP) is 5.08. The highest BCUT2D eigenvalue weighted by Gasteiger charge is 2.56. The van der Waals surface area contributed by atoms with Crippen LogP contribution in [0, 0.1) is 5.92 Å². The van der Waals surface area contributed by atoms with Crippen LogP contribution in [0.15, 0.2) is 0 Å². The van der Waals surface area contributed by atoms with Crippen LogP contribution in [-0.4, -0.2) is 38.7 Å². The molecule has 2 unspecified atom stereocenters. The molecular formula is C19H38O4Si. The van der Waals surface area contributed by atoms with Gasteiger partial charge in [-0.05, 0) is 37.4 Å². The molecule has 0 spiro atoms. The van der Waals surface area contributed by atoms with E-state index < -0.39 is 14.1 Å². The van der Waals surface area contributed by atoms with E-state index in [1.807, 2.05) is 13.8 Å². The maximum Gasteiger partial charge on any atom is 0.203 e. The Morgan fingerprint density at radius 1 is 0.833 bits per heavy atom. The van der Waals surface area contributed by atoms with E-state index in [1.165, 1.54) is 0 Å². The molecule has 5 heteroatoms. The van der Waals surface area contributed by atoms with Crippen molar-refractivity contribution in [1.82, 2.24) is 0 Å². The lowest BCUT2D eigenvalue weighted by atomic mass is 9.92. The van der Waals surface area contributed by atoms with Gasteiger partial charge in [-0.2, -0.15) is 0 Å². The topological polar surface area (TPSA) is 36.9 Å². The third kappa shape index (κ3) is 3.47. The zero-order chi connectivity index (χ0) is 18.4. The summed E-state index contributed by atoms with van der Waals surface area (Å²) < 4.78 is 25.6. The lowest BCUT2D eigenvalue weighted by Crippen LogP contribution is -2.58. The third-order valence-corrected chi connectivity index (χ3v) is 12.1. The molecule has 2 aliphatic rings. The van der Waals surface area contributed by atoms with Gasteiger partial charge < -0.3 is 18.6 Å². The highest BCUT2D eigenvalue weighted by molar-refractivity contribution is 6.77. The van der Waals surface area contributed by atoms with Crippen molar-refractivity contribution in [1.29, 1.82) is 0 Å². The van der Waals surface area contributed by atoms with Crippen molar-refractivity contribution in [2.45, 2.75) is 116 Å². The molecular weight excluding hydrogens is 320 g/mol. The Labute approximate surface area is 149 Å². The SMILES string of the molecule is CC1O[C@@H](O[Si](C(C)C)(C(C)C)C(C)C)C2OC(C)(C)O[C@@H]2[C@H]1C. The van der Waals surface area contributed by atoms with Crippen LogP contribution in [0.5, 0.6) is 0 Å². The summed E-state index contributed by atoms with van der Waals surface area (Å²) in [6.07, 6.45) is -0.338. The maximum atomic E-state index is 6.90. The second-order valence-electron chi connectivity index (χ2n) is 9.07. The van der Waals surface area contributed by atoms with Crippen molar-refractivity contribution in [2.75, 3.05) is 0 Å². The van der Waals surface area contributed by atoms with Gasteiger partial charge in [0, 0.05) is 5.92 Å². The first-order chi connectivity index (χ1) is 10.9. The quantitative estimate of drug-likeness (QED) is 0.642. The minimum atomic E-state index is -2.03. The lowest BCUT2D eigenvalue weighted by Gasteiger charge is -2.48. The summed E-state index contributed by atoms with van der Waals surface area (Å²) in [5, 5.41) is 0. The molecule has 0 aliphatic carbocycles. The van der Waals surface area contributed by atoms with Crippen molar-refractivity contribution in [3.05, 3.63) is 0 Å². The zero-order valence-corrected chi connectivity index (χ0v) is 18.3. The number of hydrogen-bond acceptors (Lipinski definition) is 4. The van der Waals surface area contributed by atoms with Crippen LogP contribution in [0.4, 0.5) is 0 Å². The minimum Gasteiger partial charge on any atom is -0.389 e. The molecule has 5 atom stereocenters. The van der Waals surface area contributed by atoms with E-state index >= 15 is 0 Å². The molecule has 142 valence electrons. The van der Waals surface area contributed by atoms with Gasteiger partial charge in [-0.15, -0.1) is 0 Å². The normalized spacial score (nSPS) is 36.6. The van der Waals surface area contributed by atoms with Crippen LogP contribution < -0.4 is 0 Å². The van der Waals surface area contributed by atoms with E-state index in [-0.39, 0.29) is 24.6 Å². The first-order valence-corrected chi connectivity index (χ1v) is 11.7. The lowest BCUT2D eigenvalue weighted by molar-refractivity contribution is -0.232. The minimum absolute atomic E-state index is 0.0342. The average Bonchev–Trinajstić information content (AvgIpc) is 2.76. The van der Waals surface area contributed by atoms with Crippen LogP contribution in [-0.2, 0) is 18.6 Å². The summed E-state index contributed by atoms with van der Waals surface area (Å²) in [6, 6.07) is 0. The van der Waals surface area contributed by atoms with Gasteiger partial charge in [0.15, 0.2) is 12.1 Å². The number of ether oxygens (including phenoxy) is 3. The fraction of sp³-hybridized carbons (Fsp3) is 1.00. The summed E-state index contributed by atoms with van der Waals surface area (Å²) in [6.45, 7) is 22.1. The van der Waals surface area contributed by atoms with Crippen molar-refractivity contribution >= 4 is 8.32 Å². The monoisotopic (exact) mass is 358 g/mol. The van der Waals surface area contributed by atoms with Crippen LogP contribution in [0.2, 0.25) is 16.6 Å². The summed E-state index contributed by atoms with van der Waals surface area (Å²) in [5.74, 6) is -0.277. The smallest absolute Gasteiger partial charge is 0.203 e. The fourth-order valence-electron chi connectivity index (χ4n) is 4.82. The van der Waals surface area contributed by atoms with Gasteiger partial charge in [0.2, 0.25) is 8.32 Å². The molecule has 0 bridgehead atoms. The summed E-state index contributed by atoms with van der Waals surface area (Å²) >= 11 is 0. The van der Waals surface area contributed by atoms with Crippen molar-refractivity contribution in [2.24, 2.45) is 5.92 Å². The molecule has 4 nitrogen and oxygen atoms in total. The molecule has 0 aromatic rings. The Kier molecular flexibility index (Phi) is 5.93. The van der Waals surface area contributed by atoms with Gasteiger partial charge in [-0.1, -0.05) is 48.5 Å². The van der Waals surface area contributed by atoms with E-state index in [9.17, 15) is 0 Å². The predicted molar refractivity (Wildman–Crippen MR) is 99.5 cm³/mol. The number of rotatable bonds is 5. The van der Waals surface area contributed by atoms with E-state index in [0.717, 1.165) is 0 Å². The Morgan fingerprint density at radius 3 is 1.75 bits per heavy atom. The number of hydrogen-bond donors (Lipinski definition) is 0. The molecule has 2 saturated heterocycles. The summed E-state index contributed by atoms with van der Waals surface area (Å²) in [4.78, 5) is 0.